The molecule has 1 aromatic carbocycles. The molecule has 3 rings (SSSR count). The Labute approximate surface area is 87.6 Å². The van der Waals surface area contributed by atoms with Crippen LogP contribution < -0.4 is 0 Å². The average molecular weight is 194 g/mol. The molecule has 2 aromatic heterocycles. The highest BCUT2D eigenvalue weighted by Gasteiger charge is 2.03. The molecule has 0 saturated carbocycles. The van der Waals surface area contributed by atoms with Gasteiger partial charge in [-0.3, -0.25) is 9.97 Å². The van der Waals surface area contributed by atoms with Crippen molar-refractivity contribution in [3.05, 3.63) is 48.3 Å². The van der Waals surface area contributed by atoms with Crippen LogP contribution in [0, 0.1) is 6.92 Å². The van der Waals surface area contributed by atoms with E-state index in [1.807, 2.05) is 24.4 Å². The van der Waals surface area contributed by atoms with Gasteiger partial charge >= 0.3 is 0 Å². The highest BCUT2D eigenvalue weighted by atomic mass is 14.7. The maximum absolute atomic E-state index is 4.41. The Bertz CT molecular complexity index is 644. The van der Waals surface area contributed by atoms with Gasteiger partial charge in [-0.2, -0.15) is 0 Å². The van der Waals surface area contributed by atoms with Crippen LogP contribution in [0.15, 0.2) is 42.7 Å². The lowest BCUT2D eigenvalue weighted by molar-refractivity contribution is 1.35. The van der Waals surface area contributed by atoms with Crippen LogP contribution in [0.4, 0.5) is 0 Å². The fourth-order valence-corrected chi connectivity index (χ4v) is 1.97. The highest BCUT2D eigenvalue weighted by Crippen LogP contribution is 2.24. The molecule has 2 heterocycles. The number of hydrogen-bond donors (Lipinski definition) is 0. The first-order chi connectivity index (χ1) is 7.36. The van der Waals surface area contributed by atoms with E-state index in [9.17, 15) is 0 Å². The van der Waals surface area contributed by atoms with Crippen molar-refractivity contribution in [3.63, 3.8) is 0 Å². The number of aromatic nitrogens is 2. The number of rotatable bonds is 0. The van der Waals surface area contributed by atoms with Crippen LogP contribution in [0.2, 0.25) is 0 Å². The molecule has 0 fully saturated rings. The Morgan fingerprint density at radius 3 is 2.80 bits per heavy atom. The zero-order chi connectivity index (χ0) is 10.3. The molecule has 0 atom stereocenters. The van der Waals surface area contributed by atoms with Crippen molar-refractivity contribution >= 4 is 21.8 Å². The predicted octanol–water partition coefficient (Wildman–Crippen LogP) is 3.09. The minimum absolute atomic E-state index is 0.958. The van der Waals surface area contributed by atoms with Gasteiger partial charge in [0.1, 0.15) is 0 Å². The van der Waals surface area contributed by atoms with E-state index < -0.39 is 0 Å². The first kappa shape index (κ1) is 8.36. The van der Waals surface area contributed by atoms with Crippen molar-refractivity contribution in [2.45, 2.75) is 6.92 Å². The summed E-state index contributed by atoms with van der Waals surface area (Å²) >= 11 is 0. The summed E-state index contributed by atoms with van der Waals surface area (Å²) in [5.41, 5.74) is 3.24. The monoisotopic (exact) mass is 194 g/mol. The predicted molar refractivity (Wildman–Crippen MR) is 61.8 cm³/mol. The van der Waals surface area contributed by atoms with E-state index in [1.165, 1.54) is 16.3 Å². The maximum Gasteiger partial charge on any atom is 0.0891 e. The van der Waals surface area contributed by atoms with Gasteiger partial charge in [-0.25, -0.2) is 0 Å². The second kappa shape index (κ2) is 3.02. The van der Waals surface area contributed by atoms with Crippen LogP contribution >= 0.6 is 0 Å². The van der Waals surface area contributed by atoms with Crippen LogP contribution in [0.1, 0.15) is 5.56 Å². The van der Waals surface area contributed by atoms with Gasteiger partial charge in [-0.15, -0.1) is 0 Å². The molecule has 15 heavy (non-hydrogen) atoms. The van der Waals surface area contributed by atoms with E-state index in [0.717, 1.165) is 11.0 Å². The van der Waals surface area contributed by atoms with Crippen molar-refractivity contribution < 1.29 is 0 Å². The standard InChI is InChI=1S/C13H10N2/c1-9-4-2-6-11-13(9)10-5-3-7-14-12(10)8-15-11/h2-8H,1H3. The van der Waals surface area contributed by atoms with Gasteiger partial charge in [-0.1, -0.05) is 18.2 Å². The van der Waals surface area contributed by atoms with Gasteiger partial charge in [0.2, 0.25) is 0 Å². The molecule has 72 valence electrons. The first-order valence-corrected chi connectivity index (χ1v) is 4.95. The largest absolute Gasteiger partial charge is 0.255 e. The van der Waals surface area contributed by atoms with Crippen molar-refractivity contribution in [1.82, 2.24) is 9.97 Å². The summed E-state index contributed by atoms with van der Waals surface area (Å²) in [6.45, 7) is 2.11. The molecular formula is C13H10N2. The molecule has 3 aromatic rings. The Balaban J connectivity index is 2.64. The Hall–Kier alpha value is -1.96. The Morgan fingerprint density at radius 2 is 1.87 bits per heavy atom. The molecule has 0 aliphatic carbocycles. The van der Waals surface area contributed by atoms with Crippen LogP contribution in [0.5, 0.6) is 0 Å². The molecule has 0 unspecified atom stereocenters. The Kier molecular flexibility index (Phi) is 1.68. The topological polar surface area (TPSA) is 25.8 Å². The zero-order valence-electron chi connectivity index (χ0n) is 8.44. The summed E-state index contributed by atoms with van der Waals surface area (Å²) in [7, 11) is 0. The van der Waals surface area contributed by atoms with Gasteiger partial charge in [0.25, 0.3) is 0 Å². The Morgan fingerprint density at radius 1 is 0.933 bits per heavy atom. The molecular weight excluding hydrogens is 184 g/mol. The van der Waals surface area contributed by atoms with E-state index in [-0.39, 0.29) is 0 Å². The summed E-state index contributed by atoms with van der Waals surface area (Å²) < 4.78 is 0. The zero-order valence-corrected chi connectivity index (χ0v) is 8.44. The quantitative estimate of drug-likeness (QED) is 0.514. The fourth-order valence-electron chi connectivity index (χ4n) is 1.97. The smallest absolute Gasteiger partial charge is 0.0891 e. The molecule has 2 nitrogen and oxygen atoms in total. The first-order valence-electron chi connectivity index (χ1n) is 4.95. The third-order valence-electron chi connectivity index (χ3n) is 2.68. The summed E-state index contributed by atoms with van der Waals surface area (Å²) in [5, 5.41) is 2.39. The normalized spacial score (nSPS) is 11.0. The molecule has 0 saturated heterocycles. The molecule has 0 aliphatic rings. The van der Waals surface area contributed by atoms with Crippen LogP contribution in [0.25, 0.3) is 21.8 Å². The highest BCUT2D eigenvalue weighted by molar-refractivity contribution is 6.05. The number of benzene rings is 1. The lowest BCUT2D eigenvalue weighted by Gasteiger charge is -2.04. The van der Waals surface area contributed by atoms with Crippen LogP contribution in [-0.2, 0) is 0 Å². The van der Waals surface area contributed by atoms with Gasteiger partial charge in [-0.05, 0) is 24.6 Å². The molecule has 2 heteroatoms. The average Bonchev–Trinajstić information content (AvgIpc) is 2.29. The SMILES string of the molecule is Cc1cccc2ncc3ncccc3c12. The van der Waals surface area contributed by atoms with E-state index in [0.29, 0.717) is 0 Å². The van der Waals surface area contributed by atoms with Gasteiger partial charge in [0, 0.05) is 17.0 Å². The van der Waals surface area contributed by atoms with Crippen molar-refractivity contribution in [1.29, 1.82) is 0 Å². The minimum Gasteiger partial charge on any atom is -0.255 e. The number of aryl methyl sites for hydroxylation is 1. The molecule has 0 N–H and O–H groups in total. The van der Waals surface area contributed by atoms with Crippen molar-refractivity contribution in [2.75, 3.05) is 0 Å². The van der Waals surface area contributed by atoms with Crippen LogP contribution in [-0.4, -0.2) is 9.97 Å². The number of fused-ring (bicyclic) bond motifs is 3. The summed E-state index contributed by atoms with van der Waals surface area (Å²) in [6.07, 6.45) is 3.63. The van der Waals surface area contributed by atoms with E-state index in [4.69, 9.17) is 0 Å². The van der Waals surface area contributed by atoms with Gasteiger partial charge in [0.05, 0.1) is 17.2 Å². The molecule has 0 bridgehead atoms. The summed E-state index contributed by atoms with van der Waals surface area (Å²) in [6, 6.07) is 10.2. The van der Waals surface area contributed by atoms with Crippen molar-refractivity contribution in [2.24, 2.45) is 0 Å². The number of hydrogen-bond acceptors (Lipinski definition) is 2. The second-order valence-electron chi connectivity index (χ2n) is 3.66. The molecule has 0 aliphatic heterocycles. The van der Waals surface area contributed by atoms with Gasteiger partial charge < -0.3 is 0 Å². The lowest BCUT2D eigenvalue weighted by Crippen LogP contribution is -1.86. The van der Waals surface area contributed by atoms with Crippen molar-refractivity contribution in [3.8, 4) is 0 Å². The fraction of sp³-hybridized carbons (Fsp3) is 0.0769. The molecule has 0 amide bonds. The minimum atomic E-state index is 0.958. The third-order valence-corrected chi connectivity index (χ3v) is 2.68. The summed E-state index contributed by atoms with van der Waals surface area (Å²) in [5.74, 6) is 0. The van der Waals surface area contributed by atoms with E-state index in [2.05, 4.69) is 29.0 Å². The second-order valence-corrected chi connectivity index (χ2v) is 3.66. The number of nitrogens with zero attached hydrogens (tertiary/aromatic N) is 2. The summed E-state index contributed by atoms with van der Waals surface area (Å²) in [4.78, 5) is 8.72. The van der Waals surface area contributed by atoms with Gasteiger partial charge in [0.15, 0.2) is 0 Å². The van der Waals surface area contributed by atoms with Crippen LogP contribution in [0.3, 0.4) is 0 Å². The molecule has 0 spiro atoms. The molecule has 0 radical (unpaired) electrons. The maximum atomic E-state index is 4.41. The lowest BCUT2D eigenvalue weighted by atomic mass is 10.1. The van der Waals surface area contributed by atoms with E-state index >= 15 is 0 Å². The third kappa shape index (κ3) is 1.18. The number of pyridine rings is 2. The van der Waals surface area contributed by atoms with E-state index in [1.54, 1.807) is 6.20 Å².